The predicted octanol–water partition coefficient (Wildman–Crippen LogP) is 2.42. The number of rotatable bonds is 2. The number of aliphatic hydroxyl groups excluding tert-OH is 1. The Kier molecular flexibility index (Phi) is 2.31. The van der Waals surface area contributed by atoms with Gasteiger partial charge in [0.1, 0.15) is 0 Å². The van der Waals surface area contributed by atoms with Crippen LogP contribution in [0, 0.1) is 5.92 Å². The quantitative estimate of drug-likeness (QED) is 0.664. The van der Waals surface area contributed by atoms with Crippen molar-refractivity contribution in [3.8, 4) is 0 Å². The lowest BCUT2D eigenvalue weighted by Crippen LogP contribution is -2.28. The lowest BCUT2D eigenvalue weighted by atomic mass is 9.78. The Hall–Kier alpha value is -0.560. The van der Waals surface area contributed by atoms with Crippen LogP contribution in [0.2, 0.25) is 0 Å². The first kappa shape index (κ1) is 8.06. The number of allylic oxidation sites excluding steroid dienone is 4. The molecule has 0 aromatic heterocycles. The van der Waals surface area contributed by atoms with Gasteiger partial charge >= 0.3 is 0 Å². The van der Waals surface area contributed by atoms with Crippen molar-refractivity contribution in [2.24, 2.45) is 5.92 Å². The Bertz CT molecular complexity index is 209. The van der Waals surface area contributed by atoms with Gasteiger partial charge in [0.2, 0.25) is 0 Å². The maximum absolute atomic E-state index is 9.11. The maximum atomic E-state index is 9.11. The molecule has 0 bridgehead atoms. The third-order valence-electron chi connectivity index (χ3n) is 2.81. The minimum absolute atomic E-state index is 0.00294. The highest BCUT2D eigenvalue weighted by molar-refractivity contribution is 5.22. The Labute approximate surface area is 73.8 Å². The van der Waals surface area contributed by atoms with Crippen molar-refractivity contribution in [1.82, 2.24) is 0 Å². The van der Waals surface area contributed by atoms with Crippen molar-refractivity contribution in [1.29, 1.82) is 0 Å². The van der Waals surface area contributed by atoms with Gasteiger partial charge in [-0.25, -0.2) is 0 Å². The molecule has 0 radical (unpaired) electrons. The molecule has 2 aliphatic carbocycles. The zero-order valence-corrected chi connectivity index (χ0v) is 7.37. The van der Waals surface area contributed by atoms with E-state index >= 15 is 0 Å². The Morgan fingerprint density at radius 2 is 2.17 bits per heavy atom. The summed E-state index contributed by atoms with van der Waals surface area (Å²) in [4.78, 5) is 0. The van der Waals surface area contributed by atoms with Crippen LogP contribution in [0.15, 0.2) is 23.8 Å². The van der Waals surface area contributed by atoms with Crippen LogP contribution >= 0.6 is 0 Å². The van der Waals surface area contributed by atoms with E-state index in [1.165, 1.54) is 24.8 Å². The lowest BCUT2D eigenvalue weighted by molar-refractivity contribution is 0.0435. The standard InChI is InChI=1S/C11H16O/c12-11-7-10(8-11)6-9-4-2-1-3-5-9/h2,4-5,10-12H,1,3,6-8H2. The van der Waals surface area contributed by atoms with Gasteiger partial charge < -0.3 is 5.11 Å². The van der Waals surface area contributed by atoms with Gasteiger partial charge in [0.05, 0.1) is 6.10 Å². The van der Waals surface area contributed by atoms with Crippen LogP contribution in [0.4, 0.5) is 0 Å². The molecule has 0 amide bonds. The number of aliphatic hydroxyl groups is 1. The van der Waals surface area contributed by atoms with E-state index in [4.69, 9.17) is 5.11 Å². The van der Waals surface area contributed by atoms with Crippen molar-refractivity contribution in [2.75, 3.05) is 0 Å². The smallest absolute Gasteiger partial charge is 0.0545 e. The molecule has 12 heavy (non-hydrogen) atoms. The van der Waals surface area contributed by atoms with Crippen LogP contribution in [0.3, 0.4) is 0 Å². The van der Waals surface area contributed by atoms with Gasteiger partial charge in [0.25, 0.3) is 0 Å². The minimum atomic E-state index is 0.00294. The van der Waals surface area contributed by atoms with Gasteiger partial charge in [-0.1, -0.05) is 23.8 Å². The summed E-state index contributed by atoms with van der Waals surface area (Å²) in [5, 5.41) is 9.11. The average molecular weight is 164 g/mol. The van der Waals surface area contributed by atoms with Crippen LogP contribution in [0.5, 0.6) is 0 Å². The third-order valence-corrected chi connectivity index (χ3v) is 2.81. The van der Waals surface area contributed by atoms with Gasteiger partial charge in [-0.05, 0) is 38.0 Å². The van der Waals surface area contributed by atoms with Gasteiger partial charge in [0.15, 0.2) is 0 Å². The molecule has 1 N–H and O–H groups in total. The summed E-state index contributed by atoms with van der Waals surface area (Å²) in [7, 11) is 0. The molecule has 0 aliphatic heterocycles. The molecule has 66 valence electrons. The molecule has 0 unspecified atom stereocenters. The molecule has 1 heteroatoms. The Balaban J connectivity index is 1.79. The summed E-state index contributed by atoms with van der Waals surface area (Å²) in [6.45, 7) is 0. The number of hydrogen-bond acceptors (Lipinski definition) is 1. The predicted molar refractivity (Wildman–Crippen MR) is 49.8 cm³/mol. The highest BCUT2D eigenvalue weighted by Gasteiger charge is 2.27. The summed E-state index contributed by atoms with van der Waals surface area (Å²) >= 11 is 0. The molecule has 0 aromatic rings. The highest BCUT2D eigenvalue weighted by Crippen LogP contribution is 2.33. The normalized spacial score (nSPS) is 34.2. The van der Waals surface area contributed by atoms with E-state index in [1.54, 1.807) is 0 Å². The van der Waals surface area contributed by atoms with Crippen molar-refractivity contribution < 1.29 is 5.11 Å². The van der Waals surface area contributed by atoms with E-state index in [-0.39, 0.29) is 6.10 Å². The first-order valence-electron chi connectivity index (χ1n) is 4.88. The molecule has 0 saturated heterocycles. The molecule has 2 aliphatic rings. The highest BCUT2D eigenvalue weighted by atomic mass is 16.3. The number of hydrogen-bond donors (Lipinski definition) is 1. The zero-order valence-electron chi connectivity index (χ0n) is 7.37. The molecule has 0 atom stereocenters. The second kappa shape index (κ2) is 3.44. The summed E-state index contributed by atoms with van der Waals surface area (Å²) in [6, 6.07) is 0. The van der Waals surface area contributed by atoms with Crippen molar-refractivity contribution in [3.63, 3.8) is 0 Å². The summed E-state index contributed by atoms with van der Waals surface area (Å²) in [5.41, 5.74) is 1.48. The topological polar surface area (TPSA) is 20.2 Å². The van der Waals surface area contributed by atoms with E-state index < -0.39 is 0 Å². The van der Waals surface area contributed by atoms with Crippen molar-refractivity contribution >= 4 is 0 Å². The Morgan fingerprint density at radius 3 is 2.75 bits per heavy atom. The monoisotopic (exact) mass is 164 g/mol. The van der Waals surface area contributed by atoms with Gasteiger partial charge in [0, 0.05) is 0 Å². The maximum Gasteiger partial charge on any atom is 0.0545 e. The first-order valence-corrected chi connectivity index (χ1v) is 4.88. The van der Waals surface area contributed by atoms with Crippen molar-refractivity contribution in [3.05, 3.63) is 23.8 Å². The molecule has 0 aromatic carbocycles. The summed E-state index contributed by atoms with van der Waals surface area (Å²) in [5.74, 6) is 0.758. The van der Waals surface area contributed by atoms with E-state index in [2.05, 4.69) is 18.2 Å². The minimum Gasteiger partial charge on any atom is -0.393 e. The molecule has 1 saturated carbocycles. The second-order valence-electron chi connectivity index (χ2n) is 3.95. The van der Waals surface area contributed by atoms with Crippen LogP contribution in [0.1, 0.15) is 32.1 Å². The van der Waals surface area contributed by atoms with E-state index in [0.29, 0.717) is 0 Å². The van der Waals surface area contributed by atoms with Crippen LogP contribution < -0.4 is 0 Å². The molecular formula is C11H16O. The second-order valence-corrected chi connectivity index (χ2v) is 3.95. The first-order chi connectivity index (χ1) is 5.84. The van der Waals surface area contributed by atoms with Gasteiger partial charge in [-0.3, -0.25) is 0 Å². The lowest BCUT2D eigenvalue weighted by Gasteiger charge is -2.31. The van der Waals surface area contributed by atoms with Gasteiger partial charge in [-0.2, -0.15) is 0 Å². The van der Waals surface area contributed by atoms with E-state index in [9.17, 15) is 0 Å². The molecule has 0 heterocycles. The molecule has 1 nitrogen and oxygen atoms in total. The molecular weight excluding hydrogens is 148 g/mol. The third kappa shape index (κ3) is 1.78. The largest absolute Gasteiger partial charge is 0.393 e. The fourth-order valence-corrected chi connectivity index (χ4v) is 2.02. The van der Waals surface area contributed by atoms with Crippen LogP contribution in [-0.2, 0) is 0 Å². The van der Waals surface area contributed by atoms with Gasteiger partial charge in [-0.15, -0.1) is 0 Å². The van der Waals surface area contributed by atoms with E-state index in [0.717, 1.165) is 18.8 Å². The molecule has 0 spiro atoms. The summed E-state index contributed by atoms with van der Waals surface area (Å²) in [6.07, 6.45) is 12.5. The Morgan fingerprint density at radius 1 is 1.33 bits per heavy atom. The molecule has 1 fully saturated rings. The fourth-order valence-electron chi connectivity index (χ4n) is 2.02. The fraction of sp³-hybridized carbons (Fsp3) is 0.636. The summed E-state index contributed by atoms with van der Waals surface area (Å²) < 4.78 is 0. The van der Waals surface area contributed by atoms with Crippen LogP contribution in [-0.4, -0.2) is 11.2 Å². The van der Waals surface area contributed by atoms with E-state index in [1.807, 2.05) is 0 Å². The average Bonchev–Trinajstić information content (AvgIpc) is 2.04. The zero-order chi connectivity index (χ0) is 8.39. The van der Waals surface area contributed by atoms with Crippen LogP contribution in [0.25, 0.3) is 0 Å². The SMILES string of the molecule is OC1CC(CC2=CCCC=C2)C1. The molecule has 2 rings (SSSR count). The van der Waals surface area contributed by atoms with Crippen molar-refractivity contribution in [2.45, 2.75) is 38.2 Å².